The lowest BCUT2D eigenvalue weighted by Crippen LogP contribution is -2.17. The molecule has 0 radical (unpaired) electrons. The highest BCUT2D eigenvalue weighted by atomic mass is 16.6. The van der Waals surface area contributed by atoms with Crippen LogP contribution in [0, 0.1) is 0 Å². The summed E-state index contributed by atoms with van der Waals surface area (Å²) in [5.74, 6) is 2.59. The maximum Gasteiger partial charge on any atom is 0.203 e. The first kappa shape index (κ1) is 9.15. The number of fused-ring (bicyclic) bond motifs is 4. The van der Waals surface area contributed by atoms with Gasteiger partial charge in [0.2, 0.25) is 5.95 Å². The lowest BCUT2D eigenvalue weighted by Gasteiger charge is -2.19. The minimum Gasteiger partial charge on any atom is -0.486 e. The zero-order chi connectivity index (χ0) is 11.2. The van der Waals surface area contributed by atoms with Crippen molar-refractivity contribution in [2.75, 3.05) is 25.1 Å². The highest BCUT2D eigenvalue weighted by Gasteiger charge is 2.19. The monoisotopic (exact) mass is 231 g/mol. The first-order valence-electron chi connectivity index (χ1n) is 5.95. The third-order valence-corrected chi connectivity index (χ3v) is 3.25. The number of nitrogens with one attached hydrogen (secondary N) is 1. The third-order valence-electron chi connectivity index (χ3n) is 3.25. The number of anilines is 1. The highest BCUT2D eigenvalue weighted by Crippen LogP contribution is 2.36. The lowest BCUT2D eigenvalue weighted by molar-refractivity contribution is 0.172. The number of rotatable bonds is 0. The second kappa shape index (κ2) is 3.29. The first-order valence-corrected chi connectivity index (χ1v) is 5.95. The van der Waals surface area contributed by atoms with E-state index in [0.29, 0.717) is 13.2 Å². The van der Waals surface area contributed by atoms with E-state index in [1.54, 1.807) is 0 Å². The van der Waals surface area contributed by atoms with Crippen LogP contribution in [0.2, 0.25) is 0 Å². The summed E-state index contributed by atoms with van der Waals surface area (Å²) < 4.78 is 13.4. The minimum atomic E-state index is 0.615. The van der Waals surface area contributed by atoms with Crippen LogP contribution in [0.15, 0.2) is 12.1 Å². The van der Waals surface area contributed by atoms with Crippen molar-refractivity contribution in [2.45, 2.75) is 13.0 Å². The normalized spacial score (nSPS) is 17.6. The fourth-order valence-electron chi connectivity index (χ4n) is 2.46. The van der Waals surface area contributed by atoms with E-state index in [1.165, 1.54) is 0 Å². The van der Waals surface area contributed by atoms with Gasteiger partial charge in [-0.15, -0.1) is 0 Å². The molecule has 4 rings (SSSR count). The van der Waals surface area contributed by atoms with Crippen molar-refractivity contribution < 1.29 is 9.47 Å². The molecule has 0 aliphatic carbocycles. The Bertz CT molecular complexity index is 589. The topological polar surface area (TPSA) is 48.3 Å². The molecular weight excluding hydrogens is 218 g/mol. The van der Waals surface area contributed by atoms with Gasteiger partial charge in [0, 0.05) is 25.2 Å². The Balaban J connectivity index is 1.97. The smallest absolute Gasteiger partial charge is 0.203 e. The van der Waals surface area contributed by atoms with E-state index in [9.17, 15) is 0 Å². The fraction of sp³-hybridized carbons (Fsp3) is 0.417. The molecule has 1 N–H and O–H groups in total. The summed E-state index contributed by atoms with van der Waals surface area (Å²) in [6, 6.07) is 4.00. The summed E-state index contributed by atoms with van der Waals surface area (Å²) in [7, 11) is 0. The molecule has 0 saturated heterocycles. The summed E-state index contributed by atoms with van der Waals surface area (Å²) in [6.45, 7) is 3.25. The van der Waals surface area contributed by atoms with Crippen LogP contribution in [0.1, 0.15) is 6.42 Å². The molecule has 2 aromatic rings. The van der Waals surface area contributed by atoms with Crippen LogP contribution in [-0.2, 0) is 6.54 Å². The molecule has 0 unspecified atom stereocenters. The Morgan fingerprint density at radius 2 is 2.00 bits per heavy atom. The molecule has 0 fully saturated rings. The van der Waals surface area contributed by atoms with Gasteiger partial charge in [0.25, 0.3) is 0 Å². The average molecular weight is 231 g/mol. The first-order chi connectivity index (χ1) is 8.42. The molecule has 0 amide bonds. The Labute approximate surface area is 98.3 Å². The molecule has 88 valence electrons. The quantitative estimate of drug-likeness (QED) is 0.748. The van der Waals surface area contributed by atoms with E-state index in [4.69, 9.17) is 9.47 Å². The molecular formula is C12H13N3O2. The van der Waals surface area contributed by atoms with E-state index < -0.39 is 0 Å². The summed E-state index contributed by atoms with van der Waals surface area (Å²) in [5.41, 5.74) is 2.09. The molecule has 5 nitrogen and oxygen atoms in total. The zero-order valence-corrected chi connectivity index (χ0v) is 9.40. The van der Waals surface area contributed by atoms with Crippen molar-refractivity contribution in [1.29, 1.82) is 0 Å². The molecule has 0 saturated carbocycles. The molecule has 1 aromatic carbocycles. The van der Waals surface area contributed by atoms with Crippen molar-refractivity contribution in [3.05, 3.63) is 12.1 Å². The van der Waals surface area contributed by atoms with Crippen LogP contribution < -0.4 is 14.8 Å². The predicted molar refractivity (Wildman–Crippen MR) is 63.8 cm³/mol. The summed E-state index contributed by atoms with van der Waals surface area (Å²) in [6.07, 6.45) is 1.13. The number of aromatic nitrogens is 2. The standard InChI is InChI=1S/C12H13N3O2/c1-2-13-12-14-8-6-10-11(17-5-4-16-10)7-9(8)15(12)3-1/h6-7H,1-5H2,(H,13,14). The molecule has 2 aliphatic heterocycles. The number of hydrogen-bond donors (Lipinski definition) is 1. The Morgan fingerprint density at radius 3 is 2.88 bits per heavy atom. The largest absolute Gasteiger partial charge is 0.486 e. The van der Waals surface area contributed by atoms with E-state index in [0.717, 1.165) is 48.0 Å². The van der Waals surface area contributed by atoms with Crippen molar-refractivity contribution >= 4 is 17.0 Å². The van der Waals surface area contributed by atoms with Crippen LogP contribution >= 0.6 is 0 Å². The molecule has 3 heterocycles. The van der Waals surface area contributed by atoms with Crippen LogP contribution in [0.25, 0.3) is 11.0 Å². The Kier molecular flexibility index (Phi) is 1.77. The van der Waals surface area contributed by atoms with Gasteiger partial charge in [-0.05, 0) is 6.42 Å². The number of imidazole rings is 1. The van der Waals surface area contributed by atoms with Crippen LogP contribution in [0.4, 0.5) is 5.95 Å². The van der Waals surface area contributed by atoms with Gasteiger partial charge in [0.1, 0.15) is 13.2 Å². The van der Waals surface area contributed by atoms with Gasteiger partial charge in [0.05, 0.1) is 11.0 Å². The van der Waals surface area contributed by atoms with Gasteiger partial charge in [-0.25, -0.2) is 4.98 Å². The summed E-state index contributed by atoms with van der Waals surface area (Å²) in [5, 5.41) is 3.31. The third kappa shape index (κ3) is 1.28. The predicted octanol–water partition coefficient (Wildman–Crippen LogP) is 1.62. The van der Waals surface area contributed by atoms with Crippen molar-refractivity contribution in [3.8, 4) is 11.5 Å². The molecule has 0 bridgehead atoms. The number of aryl methyl sites for hydroxylation is 1. The Morgan fingerprint density at radius 1 is 1.18 bits per heavy atom. The average Bonchev–Trinajstić information content (AvgIpc) is 2.73. The lowest BCUT2D eigenvalue weighted by atomic mass is 10.2. The highest BCUT2D eigenvalue weighted by molar-refractivity contribution is 5.83. The number of nitrogens with zero attached hydrogens (tertiary/aromatic N) is 2. The summed E-state index contributed by atoms with van der Waals surface area (Å²) >= 11 is 0. The fourth-order valence-corrected chi connectivity index (χ4v) is 2.46. The Hall–Kier alpha value is -1.91. The number of ether oxygens (including phenoxy) is 2. The van der Waals surface area contributed by atoms with Crippen molar-refractivity contribution in [2.24, 2.45) is 0 Å². The van der Waals surface area contributed by atoms with E-state index in [-0.39, 0.29) is 0 Å². The molecule has 0 atom stereocenters. The second-order valence-corrected chi connectivity index (χ2v) is 4.35. The van der Waals surface area contributed by atoms with Gasteiger partial charge in [-0.2, -0.15) is 0 Å². The molecule has 2 aliphatic rings. The van der Waals surface area contributed by atoms with Gasteiger partial charge in [-0.1, -0.05) is 0 Å². The molecule has 0 spiro atoms. The van der Waals surface area contributed by atoms with Gasteiger partial charge < -0.3 is 19.4 Å². The van der Waals surface area contributed by atoms with Gasteiger partial charge >= 0.3 is 0 Å². The molecule has 1 aromatic heterocycles. The van der Waals surface area contributed by atoms with E-state index in [1.807, 2.05) is 12.1 Å². The second-order valence-electron chi connectivity index (χ2n) is 4.35. The van der Waals surface area contributed by atoms with E-state index in [2.05, 4.69) is 14.9 Å². The maximum atomic E-state index is 5.61. The van der Waals surface area contributed by atoms with Crippen molar-refractivity contribution in [3.63, 3.8) is 0 Å². The summed E-state index contributed by atoms with van der Waals surface area (Å²) in [4.78, 5) is 4.58. The van der Waals surface area contributed by atoms with Crippen LogP contribution in [0.5, 0.6) is 11.5 Å². The minimum absolute atomic E-state index is 0.615. The molecule has 5 heteroatoms. The zero-order valence-electron chi connectivity index (χ0n) is 9.40. The van der Waals surface area contributed by atoms with E-state index >= 15 is 0 Å². The maximum absolute atomic E-state index is 5.61. The van der Waals surface area contributed by atoms with Crippen molar-refractivity contribution in [1.82, 2.24) is 9.55 Å². The number of hydrogen-bond acceptors (Lipinski definition) is 4. The molecule has 17 heavy (non-hydrogen) atoms. The van der Waals surface area contributed by atoms with Gasteiger partial charge in [-0.3, -0.25) is 0 Å². The van der Waals surface area contributed by atoms with Crippen LogP contribution in [-0.4, -0.2) is 29.3 Å². The van der Waals surface area contributed by atoms with Gasteiger partial charge in [0.15, 0.2) is 11.5 Å². The SMILES string of the molecule is c1c2c(cc3c1nc1n3CCCN1)OCCO2. The number of benzene rings is 1. The van der Waals surface area contributed by atoms with Crippen LogP contribution in [0.3, 0.4) is 0 Å².